The third-order valence-corrected chi connectivity index (χ3v) is 3.44. The molecule has 0 aliphatic heterocycles. The van der Waals surface area contributed by atoms with Gasteiger partial charge in [0.05, 0.1) is 0 Å². The third kappa shape index (κ3) is 2.96. The van der Waals surface area contributed by atoms with Crippen molar-refractivity contribution in [3.05, 3.63) is 29.8 Å². The molecule has 4 nitrogen and oxygen atoms in total. The molecule has 96 valence electrons. The van der Waals surface area contributed by atoms with E-state index in [1.807, 2.05) is 0 Å². The number of amides is 1. The van der Waals surface area contributed by atoms with Crippen LogP contribution in [0.15, 0.2) is 24.3 Å². The maximum Gasteiger partial charge on any atom is 0.226 e. The maximum absolute atomic E-state index is 11.8. The zero-order valence-electron chi connectivity index (χ0n) is 10.5. The molecule has 1 amide bonds. The van der Waals surface area contributed by atoms with Gasteiger partial charge in [-0.25, -0.2) is 0 Å². The van der Waals surface area contributed by atoms with Crippen LogP contribution in [0.2, 0.25) is 0 Å². The number of nitrogens with one attached hydrogen (secondary N) is 1. The molecule has 1 aromatic carbocycles. The molecule has 0 spiro atoms. The summed E-state index contributed by atoms with van der Waals surface area (Å²) in [5.41, 5.74) is 7.06. The minimum absolute atomic E-state index is 0.0169. The summed E-state index contributed by atoms with van der Waals surface area (Å²) in [7, 11) is 0. The number of anilines is 1. The summed E-state index contributed by atoms with van der Waals surface area (Å²) in [6.07, 6.45) is 3.31. The molecule has 0 atom stereocenters. The maximum atomic E-state index is 11.8. The standard InChI is InChI=1S/C14H18N2O2/c1-10(17)11-3-5-12(6-4-11)16-13(18)9-14(15)7-2-8-14/h3-6H,2,7-9,15H2,1H3,(H,16,18). The van der Waals surface area contributed by atoms with Crippen molar-refractivity contribution in [1.82, 2.24) is 0 Å². The lowest BCUT2D eigenvalue weighted by molar-refractivity contribution is -0.118. The van der Waals surface area contributed by atoms with Crippen LogP contribution in [0.4, 0.5) is 5.69 Å². The molecule has 3 N–H and O–H groups in total. The van der Waals surface area contributed by atoms with Crippen molar-refractivity contribution in [2.45, 2.75) is 38.1 Å². The molecule has 0 bridgehead atoms. The van der Waals surface area contributed by atoms with Crippen molar-refractivity contribution in [3.63, 3.8) is 0 Å². The Morgan fingerprint density at radius 3 is 2.33 bits per heavy atom. The first kappa shape index (κ1) is 12.8. The monoisotopic (exact) mass is 246 g/mol. The van der Waals surface area contributed by atoms with Crippen molar-refractivity contribution in [3.8, 4) is 0 Å². The average molecular weight is 246 g/mol. The van der Waals surface area contributed by atoms with E-state index in [4.69, 9.17) is 5.73 Å². The van der Waals surface area contributed by atoms with Crippen LogP contribution in [0.25, 0.3) is 0 Å². The van der Waals surface area contributed by atoms with Crippen LogP contribution in [0.5, 0.6) is 0 Å². The van der Waals surface area contributed by atoms with Gasteiger partial charge in [-0.2, -0.15) is 0 Å². The van der Waals surface area contributed by atoms with Crippen LogP contribution in [0, 0.1) is 0 Å². The van der Waals surface area contributed by atoms with Crippen LogP contribution in [0.3, 0.4) is 0 Å². The van der Waals surface area contributed by atoms with Crippen LogP contribution in [-0.4, -0.2) is 17.2 Å². The van der Waals surface area contributed by atoms with Crippen LogP contribution < -0.4 is 11.1 Å². The van der Waals surface area contributed by atoms with E-state index in [9.17, 15) is 9.59 Å². The number of hydrogen-bond acceptors (Lipinski definition) is 3. The van der Waals surface area contributed by atoms with E-state index < -0.39 is 0 Å². The molecular weight excluding hydrogens is 228 g/mol. The van der Waals surface area contributed by atoms with Gasteiger partial charge in [-0.3, -0.25) is 9.59 Å². The summed E-state index contributed by atoms with van der Waals surface area (Å²) in [5.74, 6) is -0.0453. The van der Waals surface area contributed by atoms with Gasteiger partial charge in [0, 0.05) is 23.2 Å². The van der Waals surface area contributed by atoms with Gasteiger partial charge in [0.25, 0.3) is 0 Å². The van der Waals surface area contributed by atoms with Gasteiger partial charge in [0.2, 0.25) is 5.91 Å². The molecule has 0 unspecified atom stereocenters. The predicted octanol–water partition coefficient (Wildman–Crippen LogP) is 2.10. The van der Waals surface area contributed by atoms with Gasteiger partial charge >= 0.3 is 0 Å². The van der Waals surface area contributed by atoms with Crippen molar-refractivity contribution < 1.29 is 9.59 Å². The highest BCUT2D eigenvalue weighted by atomic mass is 16.1. The Bertz CT molecular complexity index is 461. The van der Waals surface area contributed by atoms with Gasteiger partial charge < -0.3 is 11.1 Å². The molecule has 1 aliphatic carbocycles. The van der Waals surface area contributed by atoms with Crippen LogP contribution in [-0.2, 0) is 4.79 Å². The first-order valence-corrected chi connectivity index (χ1v) is 6.18. The molecule has 2 rings (SSSR count). The highest BCUT2D eigenvalue weighted by Crippen LogP contribution is 2.32. The fourth-order valence-electron chi connectivity index (χ4n) is 2.12. The quantitative estimate of drug-likeness (QED) is 0.799. The van der Waals surface area contributed by atoms with Gasteiger partial charge in [0.15, 0.2) is 5.78 Å². The number of carbonyl (C=O) groups is 2. The van der Waals surface area contributed by atoms with Crippen molar-refractivity contribution in [1.29, 1.82) is 0 Å². The molecule has 0 heterocycles. The lowest BCUT2D eigenvalue weighted by atomic mass is 9.75. The average Bonchev–Trinajstić information content (AvgIpc) is 2.27. The summed E-state index contributed by atoms with van der Waals surface area (Å²) in [4.78, 5) is 22.9. The van der Waals surface area contributed by atoms with E-state index in [1.165, 1.54) is 6.92 Å². The molecule has 1 aliphatic rings. The first-order chi connectivity index (χ1) is 8.48. The van der Waals surface area contributed by atoms with Crippen molar-refractivity contribution in [2.75, 3.05) is 5.32 Å². The Balaban J connectivity index is 1.92. The zero-order valence-corrected chi connectivity index (χ0v) is 10.5. The fourth-order valence-corrected chi connectivity index (χ4v) is 2.12. The number of hydrogen-bond donors (Lipinski definition) is 2. The van der Waals surface area contributed by atoms with Crippen LogP contribution >= 0.6 is 0 Å². The minimum Gasteiger partial charge on any atom is -0.326 e. The second-order valence-electron chi connectivity index (χ2n) is 5.07. The Labute approximate surface area is 107 Å². The Kier molecular flexibility index (Phi) is 3.48. The largest absolute Gasteiger partial charge is 0.326 e. The summed E-state index contributed by atoms with van der Waals surface area (Å²) >= 11 is 0. The Morgan fingerprint density at radius 2 is 1.89 bits per heavy atom. The van der Waals surface area contributed by atoms with E-state index in [0.717, 1.165) is 19.3 Å². The van der Waals surface area contributed by atoms with Crippen molar-refractivity contribution >= 4 is 17.4 Å². The lowest BCUT2D eigenvalue weighted by Gasteiger charge is -2.37. The molecule has 0 saturated heterocycles. The highest BCUT2D eigenvalue weighted by Gasteiger charge is 2.34. The summed E-state index contributed by atoms with van der Waals surface area (Å²) < 4.78 is 0. The number of nitrogens with two attached hydrogens (primary N) is 1. The number of benzene rings is 1. The zero-order chi connectivity index (χ0) is 13.2. The second kappa shape index (κ2) is 4.90. The predicted molar refractivity (Wildman–Crippen MR) is 70.5 cm³/mol. The third-order valence-electron chi connectivity index (χ3n) is 3.44. The molecule has 1 aromatic rings. The second-order valence-corrected chi connectivity index (χ2v) is 5.07. The number of carbonyl (C=O) groups excluding carboxylic acids is 2. The number of rotatable bonds is 4. The number of ketones is 1. The minimum atomic E-state index is -0.302. The molecule has 0 aromatic heterocycles. The van der Waals surface area contributed by atoms with Gasteiger partial charge in [-0.1, -0.05) is 0 Å². The molecule has 1 fully saturated rings. The van der Waals surface area contributed by atoms with Crippen molar-refractivity contribution in [2.24, 2.45) is 5.73 Å². The summed E-state index contributed by atoms with van der Waals surface area (Å²) in [5, 5.41) is 2.80. The molecule has 0 radical (unpaired) electrons. The molecular formula is C14H18N2O2. The SMILES string of the molecule is CC(=O)c1ccc(NC(=O)CC2(N)CCC2)cc1. The van der Waals surface area contributed by atoms with E-state index >= 15 is 0 Å². The van der Waals surface area contributed by atoms with E-state index in [1.54, 1.807) is 24.3 Å². The summed E-state index contributed by atoms with van der Waals surface area (Å²) in [6, 6.07) is 6.89. The normalized spacial score (nSPS) is 16.8. The smallest absolute Gasteiger partial charge is 0.226 e. The van der Waals surface area contributed by atoms with E-state index in [2.05, 4.69) is 5.32 Å². The van der Waals surface area contributed by atoms with Gasteiger partial charge in [0.1, 0.15) is 0 Å². The first-order valence-electron chi connectivity index (χ1n) is 6.18. The fraction of sp³-hybridized carbons (Fsp3) is 0.429. The molecule has 4 heteroatoms. The summed E-state index contributed by atoms with van der Waals surface area (Å²) in [6.45, 7) is 1.52. The Hall–Kier alpha value is -1.68. The van der Waals surface area contributed by atoms with E-state index in [-0.39, 0.29) is 17.2 Å². The van der Waals surface area contributed by atoms with E-state index in [0.29, 0.717) is 17.7 Å². The Morgan fingerprint density at radius 1 is 1.28 bits per heavy atom. The van der Waals surface area contributed by atoms with Gasteiger partial charge in [-0.05, 0) is 50.5 Å². The van der Waals surface area contributed by atoms with Crippen LogP contribution in [0.1, 0.15) is 43.0 Å². The topological polar surface area (TPSA) is 72.2 Å². The lowest BCUT2D eigenvalue weighted by Crippen LogP contribution is -2.48. The number of Topliss-reactive ketones (excluding diaryl/α,β-unsaturated/α-hetero) is 1. The van der Waals surface area contributed by atoms with Gasteiger partial charge in [-0.15, -0.1) is 0 Å². The highest BCUT2D eigenvalue weighted by molar-refractivity contribution is 5.95. The molecule has 18 heavy (non-hydrogen) atoms. The molecule has 1 saturated carbocycles.